The second-order valence-electron chi connectivity index (χ2n) is 7.38. The van der Waals surface area contributed by atoms with E-state index in [-0.39, 0.29) is 11.5 Å². The van der Waals surface area contributed by atoms with Crippen molar-refractivity contribution in [3.63, 3.8) is 0 Å². The molecule has 3 aromatic rings. The topological polar surface area (TPSA) is 48.2 Å². The van der Waals surface area contributed by atoms with E-state index in [1.165, 1.54) is 18.4 Å². The molecule has 1 aliphatic carbocycles. The number of para-hydroxylation sites is 1. The summed E-state index contributed by atoms with van der Waals surface area (Å²) in [6, 6.07) is 18.6. The number of aryl methyl sites for hydroxylation is 1. The van der Waals surface area contributed by atoms with Gasteiger partial charge in [-0.1, -0.05) is 68.3 Å². The zero-order valence-electron chi connectivity index (χ0n) is 16.0. The van der Waals surface area contributed by atoms with Crippen molar-refractivity contribution in [2.45, 2.75) is 57.5 Å². The van der Waals surface area contributed by atoms with Gasteiger partial charge in [0.15, 0.2) is 6.10 Å². The highest BCUT2D eigenvalue weighted by molar-refractivity contribution is 5.34. The Kier molecular flexibility index (Phi) is 4.97. The largest absolute Gasteiger partial charge is 0.480 e. The average Bonchev–Trinajstić information content (AvgIpc) is 3.38. The van der Waals surface area contributed by atoms with E-state index in [1.54, 1.807) is 0 Å². The van der Waals surface area contributed by atoms with Gasteiger partial charge in [-0.25, -0.2) is 0 Å². The number of rotatable bonds is 6. The van der Waals surface area contributed by atoms with Gasteiger partial charge >= 0.3 is 0 Å². The maximum Gasteiger partial charge on any atom is 0.257 e. The zero-order chi connectivity index (χ0) is 18.7. The molecule has 27 heavy (non-hydrogen) atoms. The van der Waals surface area contributed by atoms with Gasteiger partial charge in [-0.3, -0.25) is 0 Å². The number of nitrogens with zero attached hydrogens (tertiary/aromatic N) is 2. The number of benzene rings is 2. The summed E-state index contributed by atoms with van der Waals surface area (Å²) in [6.45, 7) is 4.12. The molecule has 1 aliphatic rings. The Hall–Kier alpha value is -2.62. The highest BCUT2D eigenvalue weighted by atomic mass is 16.5. The van der Waals surface area contributed by atoms with Gasteiger partial charge in [-0.05, 0) is 43.4 Å². The number of aromatic nitrogens is 2. The molecule has 0 aliphatic heterocycles. The minimum atomic E-state index is -0.235. The summed E-state index contributed by atoms with van der Waals surface area (Å²) in [4.78, 5) is 0. The first-order valence-electron chi connectivity index (χ1n) is 9.84. The number of hydrogen-bond donors (Lipinski definition) is 0. The van der Waals surface area contributed by atoms with Gasteiger partial charge < -0.3 is 9.15 Å². The summed E-state index contributed by atoms with van der Waals surface area (Å²) in [5, 5.41) is 8.87. The fourth-order valence-electron chi connectivity index (χ4n) is 4.07. The van der Waals surface area contributed by atoms with Gasteiger partial charge in [-0.15, -0.1) is 10.2 Å². The van der Waals surface area contributed by atoms with Crippen LogP contribution in [0.4, 0.5) is 0 Å². The molecule has 0 saturated heterocycles. The van der Waals surface area contributed by atoms with E-state index in [0.717, 1.165) is 36.5 Å². The number of ether oxygens (including phenoxy) is 1. The summed E-state index contributed by atoms with van der Waals surface area (Å²) < 4.78 is 12.4. The Bertz CT molecular complexity index is 882. The van der Waals surface area contributed by atoms with Gasteiger partial charge in [0.1, 0.15) is 5.75 Å². The molecule has 1 atom stereocenters. The molecule has 4 nitrogen and oxygen atoms in total. The fourth-order valence-corrected chi connectivity index (χ4v) is 4.07. The fraction of sp³-hybridized carbons (Fsp3) is 0.391. The smallest absolute Gasteiger partial charge is 0.257 e. The molecule has 1 fully saturated rings. The molecule has 0 amide bonds. The molecule has 4 heteroatoms. The van der Waals surface area contributed by atoms with Crippen molar-refractivity contribution in [1.29, 1.82) is 0 Å². The molecule has 0 radical (unpaired) electrons. The van der Waals surface area contributed by atoms with E-state index in [9.17, 15) is 0 Å². The first-order valence-corrected chi connectivity index (χ1v) is 9.84. The van der Waals surface area contributed by atoms with Gasteiger partial charge in [0.25, 0.3) is 5.89 Å². The van der Waals surface area contributed by atoms with Crippen LogP contribution in [0.1, 0.15) is 68.0 Å². The number of hydrogen-bond acceptors (Lipinski definition) is 4. The third-order valence-electron chi connectivity index (χ3n) is 5.64. The minimum absolute atomic E-state index is 0.159. The van der Waals surface area contributed by atoms with Crippen LogP contribution in [0, 0.1) is 6.92 Å². The molecule has 4 rings (SSSR count). The normalized spacial score (nSPS) is 17.0. The summed E-state index contributed by atoms with van der Waals surface area (Å²) in [5.41, 5.74) is 2.21. The lowest BCUT2D eigenvalue weighted by Gasteiger charge is -2.25. The molecule has 1 aromatic heterocycles. The zero-order valence-corrected chi connectivity index (χ0v) is 16.0. The molecule has 0 bridgehead atoms. The minimum Gasteiger partial charge on any atom is -0.480 e. The molecule has 2 aromatic carbocycles. The molecule has 0 N–H and O–H groups in total. The Morgan fingerprint density at radius 2 is 1.70 bits per heavy atom. The molecule has 140 valence electrons. The van der Waals surface area contributed by atoms with Crippen LogP contribution in [0.25, 0.3) is 0 Å². The maximum atomic E-state index is 6.24. The van der Waals surface area contributed by atoms with Gasteiger partial charge in [0.05, 0.1) is 5.41 Å². The Morgan fingerprint density at radius 1 is 1.00 bits per heavy atom. The highest BCUT2D eigenvalue weighted by Crippen LogP contribution is 2.46. The van der Waals surface area contributed by atoms with E-state index < -0.39 is 0 Å². The van der Waals surface area contributed by atoms with E-state index in [4.69, 9.17) is 9.15 Å². The van der Waals surface area contributed by atoms with Crippen LogP contribution in [0.2, 0.25) is 0 Å². The maximum absolute atomic E-state index is 6.24. The van der Waals surface area contributed by atoms with Crippen LogP contribution in [-0.2, 0) is 5.41 Å². The van der Waals surface area contributed by atoms with Gasteiger partial charge in [0, 0.05) is 0 Å². The van der Waals surface area contributed by atoms with Crippen LogP contribution >= 0.6 is 0 Å². The predicted octanol–water partition coefficient (Wildman–Crippen LogP) is 5.77. The van der Waals surface area contributed by atoms with Crippen LogP contribution in [0.3, 0.4) is 0 Å². The first-order chi connectivity index (χ1) is 13.2. The van der Waals surface area contributed by atoms with Crippen molar-refractivity contribution in [3.05, 3.63) is 77.5 Å². The molecular formula is C23H26N2O2. The highest BCUT2D eigenvalue weighted by Gasteiger charge is 2.42. The lowest BCUT2D eigenvalue weighted by Crippen LogP contribution is -2.24. The van der Waals surface area contributed by atoms with E-state index in [1.807, 2.05) is 31.2 Å². The van der Waals surface area contributed by atoms with Crippen LogP contribution in [-0.4, -0.2) is 10.2 Å². The summed E-state index contributed by atoms with van der Waals surface area (Å²) in [5.74, 6) is 2.16. The Balaban J connectivity index is 1.64. The first kappa shape index (κ1) is 17.8. The Labute approximate surface area is 160 Å². The summed E-state index contributed by atoms with van der Waals surface area (Å²) in [6.07, 6.45) is 5.00. The van der Waals surface area contributed by atoms with Crippen molar-refractivity contribution >= 4 is 0 Å². The molecule has 1 saturated carbocycles. The summed E-state index contributed by atoms with van der Waals surface area (Å²) in [7, 11) is 0. The predicted molar refractivity (Wildman–Crippen MR) is 105 cm³/mol. The van der Waals surface area contributed by atoms with Crippen molar-refractivity contribution in [1.82, 2.24) is 10.2 Å². The summed E-state index contributed by atoms with van der Waals surface area (Å²) >= 11 is 0. The van der Waals surface area contributed by atoms with Crippen molar-refractivity contribution in [2.24, 2.45) is 0 Å². The van der Waals surface area contributed by atoms with Crippen molar-refractivity contribution in [2.75, 3.05) is 0 Å². The van der Waals surface area contributed by atoms with Crippen molar-refractivity contribution < 1.29 is 9.15 Å². The lowest BCUT2D eigenvalue weighted by atomic mass is 9.79. The van der Waals surface area contributed by atoms with E-state index in [2.05, 4.69) is 47.5 Å². The quantitative estimate of drug-likeness (QED) is 0.558. The van der Waals surface area contributed by atoms with Crippen LogP contribution in [0.15, 0.2) is 59.0 Å². The third kappa shape index (κ3) is 3.36. The van der Waals surface area contributed by atoms with E-state index >= 15 is 0 Å². The monoisotopic (exact) mass is 362 g/mol. The molecule has 0 spiro atoms. The van der Waals surface area contributed by atoms with E-state index in [0.29, 0.717) is 5.89 Å². The van der Waals surface area contributed by atoms with Crippen molar-refractivity contribution in [3.8, 4) is 5.75 Å². The van der Waals surface area contributed by atoms with Gasteiger partial charge in [-0.2, -0.15) is 0 Å². The SMILES string of the molecule is CCC(Oc1ccccc1C)c1nnc(C2(c3ccccc3)CCCC2)o1. The second kappa shape index (κ2) is 7.55. The molecule has 1 unspecified atom stereocenters. The molecule has 1 heterocycles. The van der Waals surface area contributed by atoms with Crippen LogP contribution < -0.4 is 4.74 Å². The lowest BCUT2D eigenvalue weighted by molar-refractivity contribution is 0.159. The third-order valence-corrected chi connectivity index (χ3v) is 5.64. The van der Waals surface area contributed by atoms with Crippen LogP contribution in [0.5, 0.6) is 5.75 Å². The van der Waals surface area contributed by atoms with Gasteiger partial charge in [0.2, 0.25) is 5.89 Å². The Morgan fingerprint density at radius 3 is 2.41 bits per heavy atom. The standard InChI is InChI=1S/C23H26N2O2/c1-3-19(26-20-14-8-7-11-17(20)2)21-24-25-22(27-21)23(15-9-10-16-23)18-12-5-4-6-13-18/h4-8,11-14,19H,3,9-10,15-16H2,1-2H3. The second-order valence-corrected chi connectivity index (χ2v) is 7.38. The average molecular weight is 362 g/mol. The molecular weight excluding hydrogens is 336 g/mol.